The maximum Gasteiger partial charge on any atom is 0.243 e. The zero-order valence-electron chi connectivity index (χ0n) is 7.57. The molecule has 0 aromatic rings. The van der Waals surface area contributed by atoms with E-state index in [1.54, 1.807) is 12.5 Å². The zero-order valence-corrected chi connectivity index (χ0v) is 7.57. The summed E-state index contributed by atoms with van der Waals surface area (Å²) in [6.07, 6.45) is 8.23. The van der Waals surface area contributed by atoms with Gasteiger partial charge >= 0.3 is 0 Å². The Morgan fingerprint density at radius 2 is 1.92 bits per heavy atom. The van der Waals surface area contributed by atoms with Crippen molar-refractivity contribution in [2.24, 2.45) is 0 Å². The number of ether oxygens (including phenoxy) is 3. The Morgan fingerprint density at radius 3 is 2.62 bits per heavy atom. The molecule has 0 radical (unpaired) electrons. The molecule has 0 spiro atoms. The van der Waals surface area contributed by atoms with Gasteiger partial charge in [0, 0.05) is 6.42 Å². The molecule has 0 aromatic carbocycles. The smallest absolute Gasteiger partial charge is 0.243 e. The molecule has 0 aliphatic carbocycles. The molecule has 0 unspecified atom stereocenters. The predicted octanol–water partition coefficient (Wildman–Crippen LogP) is 1.96. The van der Waals surface area contributed by atoms with Gasteiger partial charge in [-0.05, 0) is 12.8 Å². The number of hydrogen-bond acceptors (Lipinski definition) is 3. The molecule has 0 saturated carbocycles. The van der Waals surface area contributed by atoms with Gasteiger partial charge in [-0.1, -0.05) is 11.6 Å². The van der Waals surface area contributed by atoms with Gasteiger partial charge in [-0.3, -0.25) is 0 Å². The standard InChI is InChI=1S/C10H14O3/c1(2-10-12-7-8-13-10)9-3-5-11-6-4-9/h1,7-8,10H,2-6H2. The highest BCUT2D eigenvalue weighted by molar-refractivity contribution is 5.04. The van der Waals surface area contributed by atoms with Gasteiger partial charge < -0.3 is 14.2 Å². The fraction of sp³-hybridized carbons (Fsp3) is 0.600. The SMILES string of the molecule is C1=COC(CC=C2CCOCC2)O1. The predicted molar refractivity (Wildman–Crippen MR) is 47.9 cm³/mol. The maximum absolute atomic E-state index is 5.26. The van der Waals surface area contributed by atoms with Gasteiger partial charge in [-0.15, -0.1) is 0 Å². The van der Waals surface area contributed by atoms with Gasteiger partial charge in [-0.25, -0.2) is 0 Å². The van der Waals surface area contributed by atoms with Crippen LogP contribution in [-0.4, -0.2) is 19.5 Å². The summed E-state index contributed by atoms with van der Waals surface area (Å²) in [6.45, 7) is 1.72. The zero-order chi connectivity index (χ0) is 8.93. The molecular formula is C10H14O3. The van der Waals surface area contributed by atoms with E-state index in [0.717, 1.165) is 32.5 Å². The minimum atomic E-state index is -0.102. The lowest BCUT2D eigenvalue weighted by Crippen LogP contribution is -2.09. The van der Waals surface area contributed by atoms with Gasteiger partial charge in [0.05, 0.1) is 13.2 Å². The first-order valence-electron chi connectivity index (χ1n) is 4.67. The Morgan fingerprint density at radius 1 is 1.23 bits per heavy atom. The van der Waals surface area contributed by atoms with Gasteiger partial charge in [0.25, 0.3) is 0 Å². The second-order valence-corrected chi connectivity index (χ2v) is 3.18. The van der Waals surface area contributed by atoms with Gasteiger partial charge in [0.2, 0.25) is 6.29 Å². The van der Waals surface area contributed by atoms with E-state index in [1.165, 1.54) is 5.57 Å². The van der Waals surface area contributed by atoms with Crippen LogP contribution in [0.3, 0.4) is 0 Å². The third kappa shape index (κ3) is 2.49. The minimum absolute atomic E-state index is 0.102. The molecule has 0 bridgehead atoms. The normalized spacial score (nSPS) is 22.6. The summed E-state index contributed by atoms with van der Waals surface area (Å²) in [5, 5.41) is 0. The molecule has 3 heteroatoms. The Hall–Kier alpha value is -0.960. The summed E-state index contributed by atoms with van der Waals surface area (Å²) in [5.41, 5.74) is 1.46. The Kier molecular flexibility index (Phi) is 2.87. The van der Waals surface area contributed by atoms with Crippen LogP contribution in [0.15, 0.2) is 24.2 Å². The quantitative estimate of drug-likeness (QED) is 0.611. The Balaban J connectivity index is 1.75. The highest BCUT2D eigenvalue weighted by Crippen LogP contribution is 2.17. The fourth-order valence-electron chi connectivity index (χ4n) is 1.48. The first kappa shape index (κ1) is 8.63. The molecule has 0 atom stereocenters. The molecular weight excluding hydrogens is 168 g/mol. The molecule has 1 saturated heterocycles. The molecule has 1 fully saturated rings. The summed E-state index contributed by atoms with van der Waals surface area (Å²) >= 11 is 0. The molecule has 0 aromatic heterocycles. The molecule has 72 valence electrons. The van der Waals surface area contributed by atoms with Crippen LogP contribution >= 0.6 is 0 Å². The molecule has 0 N–H and O–H groups in total. The van der Waals surface area contributed by atoms with Gasteiger partial charge in [-0.2, -0.15) is 0 Å². The lowest BCUT2D eigenvalue weighted by Gasteiger charge is -2.15. The Bertz CT molecular complexity index is 204. The first-order valence-corrected chi connectivity index (χ1v) is 4.67. The maximum atomic E-state index is 5.26. The second-order valence-electron chi connectivity index (χ2n) is 3.18. The van der Waals surface area contributed by atoms with Gasteiger partial charge in [0.1, 0.15) is 12.5 Å². The van der Waals surface area contributed by atoms with Crippen molar-refractivity contribution in [1.29, 1.82) is 0 Å². The van der Waals surface area contributed by atoms with E-state index in [0.29, 0.717) is 0 Å². The summed E-state index contributed by atoms with van der Waals surface area (Å²) in [7, 11) is 0. The van der Waals surface area contributed by atoms with Crippen molar-refractivity contribution in [3.63, 3.8) is 0 Å². The molecule has 13 heavy (non-hydrogen) atoms. The lowest BCUT2D eigenvalue weighted by molar-refractivity contribution is -0.0192. The van der Waals surface area contributed by atoms with E-state index in [2.05, 4.69) is 6.08 Å². The van der Waals surface area contributed by atoms with E-state index in [-0.39, 0.29) is 6.29 Å². The van der Waals surface area contributed by atoms with Crippen molar-refractivity contribution >= 4 is 0 Å². The summed E-state index contributed by atoms with van der Waals surface area (Å²) in [6, 6.07) is 0. The fourth-order valence-corrected chi connectivity index (χ4v) is 1.48. The van der Waals surface area contributed by atoms with Crippen molar-refractivity contribution in [2.75, 3.05) is 13.2 Å². The third-order valence-corrected chi connectivity index (χ3v) is 2.25. The van der Waals surface area contributed by atoms with Crippen molar-refractivity contribution < 1.29 is 14.2 Å². The molecule has 0 amide bonds. The molecule has 2 heterocycles. The topological polar surface area (TPSA) is 27.7 Å². The highest BCUT2D eigenvalue weighted by atomic mass is 16.7. The minimum Gasteiger partial charge on any atom is -0.459 e. The van der Waals surface area contributed by atoms with E-state index >= 15 is 0 Å². The van der Waals surface area contributed by atoms with Crippen LogP contribution in [0.2, 0.25) is 0 Å². The number of rotatable bonds is 2. The van der Waals surface area contributed by atoms with Crippen LogP contribution < -0.4 is 0 Å². The third-order valence-electron chi connectivity index (χ3n) is 2.25. The molecule has 2 aliphatic heterocycles. The molecule has 2 aliphatic rings. The van der Waals surface area contributed by atoms with Crippen LogP contribution in [0.25, 0.3) is 0 Å². The molecule has 2 rings (SSSR count). The molecule has 3 nitrogen and oxygen atoms in total. The van der Waals surface area contributed by atoms with E-state index in [1.807, 2.05) is 0 Å². The summed E-state index contributed by atoms with van der Waals surface area (Å²) in [4.78, 5) is 0. The Labute approximate surface area is 78.0 Å². The van der Waals surface area contributed by atoms with Gasteiger partial charge in [0.15, 0.2) is 0 Å². The average Bonchev–Trinajstić information content (AvgIpc) is 2.69. The average molecular weight is 182 g/mol. The van der Waals surface area contributed by atoms with Crippen LogP contribution in [0.4, 0.5) is 0 Å². The number of hydrogen-bond donors (Lipinski definition) is 0. The first-order chi connectivity index (χ1) is 6.45. The second kappa shape index (κ2) is 4.33. The summed E-state index contributed by atoms with van der Waals surface area (Å²) in [5.74, 6) is 0. The highest BCUT2D eigenvalue weighted by Gasteiger charge is 2.11. The largest absolute Gasteiger partial charge is 0.459 e. The van der Waals surface area contributed by atoms with Crippen molar-refractivity contribution in [2.45, 2.75) is 25.6 Å². The van der Waals surface area contributed by atoms with Crippen molar-refractivity contribution in [3.8, 4) is 0 Å². The van der Waals surface area contributed by atoms with Crippen LogP contribution in [0.5, 0.6) is 0 Å². The van der Waals surface area contributed by atoms with Crippen molar-refractivity contribution in [1.82, 2.24) is 0 Å². The van der Waals surface area contributed by atoms with Crippen LogP contribution in [0.1, 0.15) is 19.3 Å². The lowest BCUT2D eigenvalue weighted by atomic mass is 10.1. The monoisotopic (exact) mass is 182 g/mol. The van der Waals surface area contributed by atoms with Crippen LogP contribution in [0, 0.1) is 0 Å². The summed E-state index contributed by atoms with van der Waals surface area (Å²) < 4.78 is 15.6. The van der Waals surface area contributed by atoms with Crippen molar-refractivity contribution in [3.05, 3.63) is 24.2 Å². The van der Waals surface area contributed by atoms with E-state index < -0.39 is 0 Å². The van der Waals surface area contributed by atoms with E-state index in [9.17, 15) is 0 Å². The van der Waals surface area contributed by atoms with Crippen LogP contribution in [-0.2, 0) is 14.2 Å². The van der Waals surface area contributed by atoms with E-state index in [4.69, 9.17) is 14.2 Å².